The van der Waals surface area contributed by atoms with Crippen molar-refractivity contribution >= 4 is 18.0 Å². The molecule has 218 valence electrons. The highest BCUT2D eigenvalue weighted by Crippen LogP contribution is 2.44. The minimum atomic E-state index is -1.37. The molecule has 1 heterocycles. The van der Waals surface area contributed by atoms with Crippen LogP contribution in [0, 0.1) is 5.92 Å². The molecule has 1 saturated heterocycles. The molecule has 0 aromatic heterocycles. The molecule has 0 bridgehead atoms. The number of fused-ring (bicyclic) bond motifs is 3. The lowest BCUT2D eigenvalue weighted by Gasteiger charge is -2.40. The number of hydrogen-bond donors (Lipinski definition) is 3. The van der Waals surface area contributed by atoms with Gasteiger partial charge in [0.05, 0.1) is 0 Å². The molecule has 8 nitrogen and oxygen atoms in total. The number of benzene rings is 3. The van der Waals surface area contributed by atoms with Gasteiger partial charge in [0.2, 0.25) is 5.91 Å². The molecule has 8 heteroatoms. The Morgan fingerprint density at radius 3 is 2.07 bits per heavy atom. The maximum absolute atomic E-state index is 13.5. The Hall–Kier alpha value is -4.17. The first-order chi connectivity index (χ1) is 20.4. The summed E-state index contributed by atoms with van der Waals surface area (Å²) in [5.74, 6) is -1.26. The molecule has 3 aromatic carbocycles. The van der Waals surface area contributed by atoms with E-state index in [4.69, 9.17) is 4.74 Å². The normalized spacial score (nSPS) is 18.4. The van der Waals surface area contributed by atoms with Crippen molar-refractivity contribution in [1.29, 1.82) is 0 Å². The predicted octanol–water partition coefficient (Wildman–Crippen LogP) is 4.93. The van der Waals surface area contributed by atoms with Crippen molar-refractivity contribution in [2.75, 3.05) is 19.7 Å². The van der Waals surface area contributed by atoms with Crippen LogP contribution < -0.4 is 10.6 Å². The standard InChI is InChI=1S/C34H37N3O5/c38-31(36-34(32(39)40)16-18-37(19-17-34)21-24-8-2-1-3-9-24)30(20-23-14-15-23)35-33(41)42-22-29-27-12-6-4-10-25(27)26-11-5-7-13-28(26)29/h1-13,23,29-30H,14-22H2,(H,35,41)(H,36,38)(H,39,40)/t30-/m0/s1. The molecular weight excluding hydrogens is 530 g/mol. The fraction of sp³-hybridized carbons (Fsp3) is 0.382. The lowest BCUT2D eigenvalue weighted by atomic mass is 9.86. The molecule has 42 heavy (non-hydrogen) atoms. The number of piperidine rings is 1. The quantitative estimate of drug-likeness (QED) is 0.321. The van der Waals surface area contributed by atoms with E-state index in [-0.39, 0.29) is 12.5 Å². The van der Waals surface area contributed by atoms with Crippen LogP contribution in [0.15, 0.2) is 78.9 Å². The number of ether oxygens (including phenoxy) is 1. The molecule has 1 saturated carbocycles. The van der Waals surface area contributed by atoms with Gasteiger partial charge in [0.15, 0.2) is 0 Å². The molecule has 1 atom stereocenters. The maximum atomic E-state index is 13.5. The number of nitrogens with zero attached hydrogens (tertiary/aromatic N) is 1. The van der Waals surface area contributed by atoms with E-state index in [0.29, 0.717) is 38.3 Å². The van der Waals surface area contributed by atoms with Gasteiger partial charge >= 0.3 is 12.1 Å². The Morgan fingerprint density at radius 2 is 1.48 bits per heavy atom. The molecule has 3 N–H and O–H groups in total. The van der Waals surface area contributed by atoms with E-state index < -0.39 is 29.6 Å². The zero-order valence-electron chi connectivity index (χ0n) is 23.6. The summed E-state index contributed by atoms with van der Waals surface area (Å²) in [6.45, 7) is 1.98. The van der Waals surface area contributed by atoms with Crippen LogP contribution in [0.3, 0.4) is 0 Å². The molecule has 3 aromatic rings. The summed E-state index contributed by atoms with van der Waals surface area (Å²) in [6, 6.07) is 25.5. The Balaban J connectivity index is 1.08. The van der Waals surface area contributed by atoms with E-state index in [9.17, 15) is 19.5 Å². The summed E-state index contributed by atoms with van der Waals surface area (Å²) in [5.41, 5.74) is 4.31. The van der Waals surface area contributed by atoms with Crippen LogP contribution in [-0.4, -0.2) is 59.3 Å². The van der Waals surface area contributed by atoms with Gasteiger partial charge in [-0.2, -0.15) is 0 Å². The van der Waals surface area contributed by atoms with Crippen molar-refractivity contribution in [2.24, 2.45) is 5.92 Å². The number of nitrogens with one attached hydrogen (secondary N) is 2. The molecule has 0 radical (unpaired) electrons. The van der Waals surface area contributed by atoms with E-state index in [2.05, 4.69) is 51.9 Å². The molecular formula is C34H37N3O5. The van der Waals surface area contributed by atoms with Crippen molar-refractivity contribution in [3.63, 3.8) is 0 Å². The SMILES string of the molecule is O=C(N[C@@H](CC1CC1)C(=O)NC1(C(=O)O)CCN(Cc2ccccc2)CC1)OCC1c2ccccc2-c2ccccc21. The monoisotopic (exact) mass is 567 g/mol. The summed E-state index contributed by atoms with van der Waals surface area (Å²) in [6.07, 6.45) is 2.37. The summed E-state index contributed by atoms with van der Waals surface area (Å²) < 4.78 is 5.70. The van der Waals surface area contributed by atoms with Gasteiger partial charge in [-0.3, -0.25) is 9.69 Å². The highest BCUT2D eigenvalue weighted by Gasteiger charge is 2.44. The molecule has 2 amide bonds. The van der Waals surface area contributed by atoms with Crippen LogP contribution in [0.5, 0.6) is 0 Å². The molecule has 0 spiro atoms. The Bertz CT molecular complexity index is 1400. The number of carbonyl (C=O) groups excluding carboxylic acids is 2. The minimum Gasteiger partial charge on any atom is -0.480 e. The Kier molecular flexibility index (Phi) is 7.98. The van der Waals surface area contributed by atoms with E-state index >= 15 is 0 Å². The van der Waals surface area contributed by atoms with Crippen LogP contribution in [0.1, 0.15) is 54.7 Å². The van der Waals surface area contributed by atoms with E-state index in [1.54, 1.807) is 0 Å². The van der Waals surface area contributed by atoms with Gasteiger partial charge in [0, 0.05) is 25.6 Å². The van der Waals surface area contributed by atoms with Crippen LogP contribution in [0.4, 0.5) is 4.79 Å². The molecule has 6 rings (SSSR count). The second-order valence-corrected chi connectivity index (χ2v) is 11.8. The van der Waals surface area contributed by atoms with Crippen molar-refractivity contribution in [3.8, 4) is 11.1 Å². The number of carboxylic acids is 1. The van der Waals surface area contributed by atoms with Gasteiger partial charge in [-0.1, -0.05) is 91.7 Å². The Labute approximate surface area is 246 Å². The van der Waals surface area contributed by atoms with Gasteiger partial charge in [0.1, 0.15) is 18.2 Å². The number of alkyl carbamates (subject to hydrolysis) is 1. The number of aliphatic carboxylic acids is 1. The fourth-order valence-electron chi connectivity index (χ4n) is 6.35. The summed E-state index contributed by atoms with van der Waals surface area (Å²) in [7, 11) is 0. The van der Waals surface area contributed by atoms with Gasteiger partial charge in [-0.05, 0) is 53.0 Å². The average molecular weight is 568 g/mol. The summed E-state index contributed by atoms with van der Waals surface area (Å²) in [4.78, 5) is 41.2. The predicted molar refractivity (Wildman–Crippen MR) is 159 cm³/mol. The Morgan fingerprint density at radius 1 is 0.881 bits per heavy atom. The zero-order valence-corrected chi connectivity index (χ0v) is 23.6. The smallest absolute Gasteiger partial charge is 0.407 e. The minimum absolute atomic E-state index is 0.0878. The highest BCUT2D eigenvalue weighted by molar-refractivity contribution is 5.91. The third-order valence-electron chi connectivity index (χ3n) is 8.95. The largest absolute Gasteiger partial charge is 0.480 e. The van der Waals surface area contributed by atoms with Crippen LogP contribution >= 0.6 is 0 Å². The molecule has 0 unspecified atom stereocenters. The lowest BCUT2D eigenvalue weighted by Crippen LogP contribution is -2.63. The topological polar surface area (TPSA) is 108 Å². The van der Waals surface area contributed by atoms with E-state index in [1.807, 2.05) is 42.5 Å². The fourth-order valence-corrected chi connectivity index (χ4v) is 6.35. The summed E-state index contributed by atoms with van der Waals surface area (Å²) >= 11 is 0. The first-order valence-electron chi connectivity index (χ1n) is 14.8. The van der Waals surface area contributed by atoms with Crippen LogP contribution in [-0.2, 0) is 20.9 Å². The zero-order chi connectivity index (χ0) is 29.1. The molecule has 2 fully saturated rings. The third-order valence-corrected chi connectivity index (χ3v) is 8.95. The number of carbonyl (C=O) groups is 3. The first kappa shape index (κ1) is 28.0. The summed E-state index contributed by atoms with van der Waals surface area (Å²) in [5, 5.41) is 15.8. The number of hydrogen-bond acceptors (Lipinski definition) is 5. The van der Waals surface area contributed by atoms with Gasteiger partial charge < -0.3 is 20.5 Å². The molecule has 3 aliphatic rings. The lowest BCUT2D eigenvalue weighted by molar-refractivity contribution is -0.150. The highest BCUT2D eigenvalue weighted by atomic mass is 16.5. The van der Waals surface area contributed by atoms with Crippen molar-refractivity contribution < 1.29 is 24.2 Å². The van der Waals surface area contributed by atoms with Gasteiger partial charge in [-0.15, -0.1) is 0 Å². The number of likely N-dealkylation sites (tertiary alicyclic amines) is 1. The van der Waals surface area contributed by atoms with E-state index in [0.717, 1.165) is 41.6 Å². The van der Waals surface area contributed by atoms with E-state index in [1.165, 1.54) is 5.56 Å². The number of amides is 2. The number of carboxylic acid groups (broad SMARTS) is 1. The number of rotatable bonds is 10. The van der Waals surface area contributed by atoms with Gasteiger partial charge in [-0.25, -0.2) is 9.59 Å². The molecule has 2 aliphatic carbocycles. The second-order valence-electron chi connectivity index (χ2n) is 11.8. The average Bonchev–Trinajstić information content (AvgIpc) is 3.77. The van der Waals surface area contributed by atoms with Gasteiger partial charge in [0.25, 0.3) is 0 Å². The maximum Gasteiger partial charge on any atom is 0.407 e. The van der Waals surface area contributed by atoms with Crippen LogP contribution in [0.25, 0.3) is 11.1 Å². The van der Waals surface area contributed by atoms with Crippen molar-refractivity contribution in [2.45, 2.75) is 56.1 Å². The third kappa shape index (κ3) is 6.04. The van der Waals surface area contributed by atoms with Crippen molar-refractivity contribution in [3.05, 3.63) is 95.6 Å². The molecule has 1 aliphatic heterocycles. The van der Waals surface area contributed by atoms with Crippen LogP contribution in [0.2, 0.25) is 0 Å². The second kappa shape index (κ2) is 12.0. The van der Waals surface area contributed by atoms with Crippen molar-refractivity contribution in [1.82, 2.24) is 15.5 Å². The first-order valence-corrected chi connectivity index (χ1v) is 14.8.